The minimum absolute atomic E-state index is 0.0655. The predicted molar refractivity (Wildman–Crippen MR) is 64.5 cm³/mol. The topological polar surface area (TPSA) is 29.1 Å². The van der Waals surface area contributed by atoms with Gasteiger partial charge in [-0.1, -0.05) is 11.6 Å². The third-order valence-corrected chi connectivity index (χ3v) is 3.03. The molecule has 2 nitrogen and oxygen atoms in total. The van der Waals surface area contributed by atoms with Crippen LogP contribution in [0.25, 0.3) is 0 Å². The Labute approximate surface area is 104 Å². The summed E-state index contributed by atoms with van der Waals surface area (Å²) in [7, 11) is 0. The zero-order valence-electron chi connectivity index (χ0n) is 8.98. The summed E-state index contributed by atoms with van der Waals surface area (Å²) in [6, 6.07) is 3.98. The highest BCUT2D eigenvalue weighted by molar-refractivity contribution is 6.31. The van der Waals surface area contributed by atoms with E-state index in [1.807, 2.05) is 0 Å². The van der Waals surface area contributed by atoms with E-state index in [0.717, 1.165) is 0 Å². The monoisotopic (exact) mass is 263 g/mol. The van der Waals surface area contributed by atoms with Crippen LogP contribution in [0, 0.1) is 11.2 Å². The summed E-state index contributed by atoms with van der Waals surface area (Å²) in [6.45, 7) is 3.36. The van der Waals surface area contributed by atoms with Gasteiger partial charge in [-0.15, -0.1) is 11.6 Å². The van der Waals surface area contributed by atoms with Crippen LogP contribution in [0.4, 0.5) is 10.1 Å². The molecule has 88 valence electrons. The molecule has 0 heterocycles. The van der Waals surface area contributed by atoms with Crippen LogP contribution in [0.15, 0.2) is 18.2 Å². The summed E-state index contributed by atoms with van der Waals surface area (Å²) < 4.78 is 13.3. The summed E-state index contributed by atoms with van der Waals surface area (Å²) in [6.07, 6.45) is 0. The molecule has 0 saturated heterocycles. The van der Waals surface area contributed by atoms with Gasteiger partial charge in [-0.3, -0.25) is 4.79 Å². The van der Waals surface area contributed by atoms with Crippen molar-refractivity contribution in [1.82, 2.24) is 0 Å². The van der Waals surface area contributed by atoms with Gasteiger partial charge >= 0.3 is 0 Å². The third kappa shape index (κ3) is 3.09. The van der Waals surface area contributed by atoms with Crippen LogP contribution in [0.1, 0.15) is 13.8 Å². The number of hydrogen-bond donors (Lipinski definition) is 1. The van der Waals surface area contributed by atoms with E-state index >= 15 is 0 Å². The van der Waals surface area contributed by atoms with Gasteiger partial charge in [0.1, 0.15) is 5.82 Å². The highest BCUT2D eigenvalue weighted by Crippen LogP contribution is 2.23. The maximum absolute atomic E-state index is 13.3. The maximum atomic E-state index is 13.3. The van der Waals surface area contributed by atoms with E-state index < -0.39 is 11.2 Å². The molecule has 0 aliphatic rings. The van der Waals surface area contributed by atoms with Gasteiger partial charge in [0.2, 0.25) is 5.91 Å². The molecule has 16 heavy (non-hydrogen) atoms. The lowest BCUT2D eigenvalue weighted by atomic mass is 9.95. The van der Waals surface area contributed by atoms with Gasteiger partial charge in [-0.25, -0.2) is 4.39 Å². The van der Waals surface area contributed by atoms with Crippen LogP contribution in [0.5, 0.6) is 0 Å². The Morgan fingerprint density at radius 1 is 1.50 bits per heavy atom. The Balaban J connectivity index is 2.89. The first kappa shape index (κ1) is 13.3. The van der Waals surface area contributed by atoms with Gasteiger partial charge in [-0.2, -0.15) is 0 Å². The van der Waals surface area contributed by atoms with E-state index in [1.54, 1.807) is 13.8 Å². The van der Waals surface area contributed by atoms with Gasteiger partial charge in [-0.05, 0) is 32.0 Å². The van der Waals surface area contributed by atoms with Crippen molar-refractivity contribution in [2.75, 3.05) is 11.2 Å². The van der Waals surface area contributed by atoms with Crippen LogP contribution >= 0.6 is 23.2 Å². The third-order valence-electron chi connectivity index (χ3n) is 2.13. The van der Waals surface area contributed by atoms with E-state index in [-0.39, 0.29) is 17.5 Å². The second-order valence-corrected chi connectivity index (χ2v) is 4.80. The first-order valence-electron chi connectivity index (χ1n) is 4.69. The van der Waals surface area contributed by atoms with Gasteiger partial charge in [0.25, 0.3) is 0 Å². The molecule has 1 aromatic carbocycles. The number of hydrogen-bond acceptors (Lipinski definition) is 1. The molecule has 0 aliphatic carbocycles. The van der Waals surface area contributed by atoms with Gasteiger partial charge in [0, 0.05) is 10.9 Å². The summed E-state index contributed by atoms with van der Waals surface area (Å²) in [5, 5.41) is 2.82. The van der Waals surface area contributed by atoms with Crippen molar-refractivity contribution in [2.24, 2.45) is 5.41 Å². The van der Waals surface area contributed by atoms with Gasteiger partial charge in [0.15, 0.2) is 0 Å². The highest BCUT2D eigenvalue weighted by Gasteiger charge is 2.27. The van der Waals surface area contributed by atoms with Gasteiger partial charge in [0.05, 0.1) is 11.1 Å². The van der Waals surface area contributed by atoms with Crippen LogP contribution in [-0.2, 0) is 4.79 Å². The van der Waals surface area contributed by atoms with Gasteiger partial charge < -0.3 is 5.32 Å². The Bertz CT molecular complexity index is 407. The average Bonchev–Trinajstić information content (AvgIpc) is 2.23. The molecule has 0 bridgehead atoms. The molecule has 1 N–H and O–H groups in total. The molecular formula is C11H12Cl2FNO. The zero-order chi connectivity index (χ0) is 12.3. The molecule has 0 saturated carbocycles. The number of alkyl halides is 1. The van der Waals surface area contributed by atoms with E-state index in [0.29, 0.717) is 5.02 Å². The molecule has 0 atom stereocenters. The first-order chi connectivity index (χ1) is 7.36. The zero-order valence-corrected chi connectivity index (χ0v) is 10.5. The number of anilines is 1. The molecule has 5 heteroatoms. The van der Waals surface area contributed by atoms with Crippen molar-refractivity contribution in [3.63, 3.8) is 0 Å². The fraction of sp³-hybridized carbons (Fsp3) is 0.364. The Morgan fingerprint density at radius 2 is 2.12 bits per heavy atom. The fourth-order valence-corrected chi connectivity index (χ4v) is 1.24. The van der Waals surface area contributed by atoms with Crippen molar-refractivity contribution in [3.8, 4) is 0 Å². The summed E-state index contributed by atoms with van der Waals surface area (Å²) in [5.41, 5.74) is -0.688. The Kier molecular flexibility index (Phi) is 4.16. The Morgan fingerprint density at radius 3 is 2.69 bits per heavy atom. The Hall–Kier alpha value is -0.800. The lowest BCUT2D eigenvalue weighted by molar-refractivity contribution is -0.123. The lowest BCUT2D eigenvalue weighted by Gasteiger charge is -2.20. The van der Waals surface area contributed by atoms with Crippen molar-refractivity contribution >= 4 is 34.8 Å². The predicted octanol–water partition coefficient (Wildman–Crippen LogP) is 3.68. The number of carbonyl (C=O) groups is 1. The van der Waals surface area contributed by atoms with E-state index in [1.165, 1.54) is 18.2 Å². The fourth-order valence-electron chi connectivity index (χ4n) is 0.945. The molecule has 0 unspecified atom stereocenters. The van der Waals surface area contributed by atoms with Crippen LogP contribution in [0.3, 0.4) is 0 Å². The summed E-state index contributed by atoms with van der Waals surface area (Å²) in [5.74, 6) is -0.715. The standard InChI is InChI=1S/C11H12Cl2FNO/c1-11(2,6-12)10(16)15-9-5-7(13)3-4-8(9)14/h3-5H,6H2,1-2H3,(H,15,16). The normalized spacial score (nSPS) is 11.3. The second kappa shape index (κ2) is 5.02. The van der Waals surface area contributed by atoms with Crippen molar-refractivity contribution in [1.29, 1.82) is 0 Å². The number of amides is 1. The molecule has 1 aromatic rings. The first-order valence-corrected chi connectivity index (χ1v) is 5.60. The van der Waals surface area contributed by atoms with E-state index in [4.69, 9.17) is 23.2 Å². The van der Waals surface area contributed by atoms with Crippen molar-refractivity contribution in [3.05, 3.63) is 29.0 Å². The quantitative estimate of drug-likeness (QED) is 0.829. The van der Waals surface area contributed by atoms with Crippen LogP contribution < -0.4 is 5.32 Å². The molecule has 0 aromatic heterocycles. The average molecular weight is 264 g/mol. The molecule has 0 aliphatic heterocycles. The number of rotatable bonds is 3. The maximum Gasteiger partial charge on any atom is 0.231 e. The minimum atomic E-state index is -0.754. The summed E-state index contributed by atoms with van der Waals surface area (Å²) in [4.78, 5) is 11.7. The lowest BCUT2D eigenvalue weighted by Crippen LogP contribution is -2.32. The molecule has 0 radical (unpaired) electrons. The molecule has 0 fully saturated rings. The molecule has 0 spiro atoms. The van der Waals surface area contributed by atoms with Crippen LogP contribution in [-0.4, -0.2) is 11.8 Å². The summed E-state index contributed by atoms with van der Waals surface area (Å²) >= 11 is 11.3. The number of nitrogens with one attached hydrogen (secondary N) is 1. The number of carbonyl (C=O) groups excluding carboxylic acids is 1. The number of benzene rings is 1. The second-order valence-electron chi connectivity index (χ2n) is 4.10. The van der Waals surface area contributed by atoms with Crippen molar-refractivity contribution < 1.29 is 9.18 Å². The molecule has 1 rings (SSSR count). The smallest absolute Gasteiger partial charge is 0.231 e. The molecular weight excluding hydrogens is 252 g/mol. The largest absolute Gasteiger partial charge is 0.323 e. The minimum Gasteiger partial charge on any atom is -0.323 e. The SMILES string of the molecule is CC(C)(CCl)C(=O)Nc1cc(Cl)ccc1F. The van der Waals surface area contributed by atoms with E-state index in [9.17, 15) is 9.18 Å². The highest BCUT2D eigenvalue weighted by atomic mass is 35.5. The number of halogens is 3. The van der Waals surface area contributed by atoms with Crippen LogP contribution in [0.2, 0.25) is 5.02 Å². The van der Waals surface area contributed by atoms with E-state index in [2.05, 4.69) is 5.32 Å². The van der Waals surface area contributed by atoms with Crippen molar-refractivity contribution in [2.45, 2.75) is 13.8 Å². The molecule has 1 amide bonds.